The first-order valence-electron chi connectivity index (χ1n) is 6.36. The summed E-state index contributed by atoms with van der Waals surface area (Å²) < 4.78 is 18.1. The third-order valence-electron chi connectivity index (χ3n) is 3.25. The smallest absolute Gasteiger partial charge is 0.356 e. The maximum atomic E-state index is 11.1. The molecule has 0 aliphatic carbocycles. The lowest BCUT2D eigenvalue weighted by Crippen LogP contribution is -2.16. The molecule has 2 aromatic rings. The van der Waals surface area contributed by atoms with Crippen molar-refractivity contribution in [1.82, 2.24) is 9.78 Å². The van der Waals surface area contributed by atoms with E-state index >= 15 is 0 Å². The first-order valence-corrected chi connectivity index (χ1v) is 6.36. The van der Waals surface area contributed by atoms with Gasteiger partial charge in [0.05, 0.1) is 18.4 Å². The van der Waals surface area contributed by atoms with Crippen molar-refractivity contribution in [3.63, 3.8) is 0 Å². The van der Waals surface area contributed by atoms with E-state index in [1.165, 1.54) is 10.7 Å². The number of methoxy groups -OCH3 is 1. The van der Waals surface area contributed by atoms with Gasteiger partial charge in [-0.2, -0.15) is 5.10 Å². The minimum absolute atomic E-state index is 0.0381. The topological polar surface area (TPSA) is 82.8 Å². The average Bonchev–Trinajstić information content (AvgIpc) is 2.88. The Morgan fingerprint density at radius 2 is 2.14 bits per heavy atom. The number of hydrogen-bond donors (Lipinski definition) is 1. The highest BCUT2D eigenvalue weighted by Crippen LogP contribution is 2.45. The Kier molecular flexibility index (Phi) is 3.17. The third kappa shape index (κ3) is 2.16. The number of aromatic carboxylic acids is 1. The number of aryl methyl sites for hydroxylation is 1. The summed E-state index contributed by atoms with van der Waals surface area (Å²) in [4.78, 5) is 11.1. The van der Waals surface area contributed by atoms with Crippen molar-refractivity contribution in [3.05, 3.63) is 23.9 Å². The van der Waals surface area contributed by atoms with E-state index in [1.54, 1.807) is 26.3 Å². The van der Waals surface area contributed by atoms with Gasteiger partial charge in [0.1, 0.15) is 19.0 Å². The molecule has 1 aromatic heterocycles. The zero-order valence-electron chi connectivity index (χ0n) is 11.6. The molecule has 110 valence electrons. The molecule has 1 aliphatic heterocycles. The summed E-state index contributed by atoms with van der Waals surface area (Å²) >= 11 is 0. The van der Waals surface area contributed by atoms with E-state index < -0.39 is 5.97 Å². The first kappa shape index (κ1) is 13.3. The lowest BCUT2D eigenvalue weighted by Gasteiger charge is -2.22. The first-order chi connectivity index (χ1) is 10.1. The van der Waals surface area contributed by atoms with Crippen LogP contribution in [0.3, 0.4) is 0 Å². The van der Waals surface area contributed by atoms with E-state index in [2.05, 4.69) is 5.10 Å². The highest BCUT2D eigenvalue weighted by Gasteiger charge is 2.25. The number of ether oxygens (including phenoxy) is 3. The third-order valence-corrected chi connectivity index (χ3v) is 3.25. The molecule has 0 unspecified atom stereocenters. The highest BCUT2D eigenvalue weighted by atomic mass is 16.6. The van der Waals surface area contributed by atoms with Gasteiger partial charge < -0.3 is 19.3 Å². The number of benzene rings is 1. The molecule has 0 atom stereocenters. The van der Waals surface area contributed by atoms with Crippen molar-refractivity contribution in [1.29, 1.82) is 0 Å². The Hall–Kier alpha value is -2.70. The molecule has 0 bridgehead atoms. The largest absolute Gasteiger partial charge is 0.496 e. The maximum Gasteiger partial charge on any atom is 0.356 e. The summed E-state index contributed by atoms with van der Waals surface area (Å²) in [5, 5.41) is 13.0. The Labute approximate surface area is 120 Å². The molecule has 0 spiro atoms. The molecule has 1 aromatic carbocycles. The van der Waals surface area contributed by atoms with Crippen molar-refractivity contribution in [2.24, 2.45) is 7.05 Å². The Bertz CT molecular complexity index is 708. The van der Waals surface area contributed by atoms with E-state index in [4.69, 9.17) is 19.3 Å². The highest BCUT2D eigenvalue weighted by molar-refractivity contribution is 5.88. The second-order valence-corrected chi connectivity index (χ2v) is 4.51. The monoisotopic (exact) mass is 290 g/mol. The van der Waals surface area contributed by atoms with Gasteiger partial charge in [0.15, 0.2) is 17.2 Å². The summed E-state index contributed by atoms with van der Waals surface area (Å²) in [6.45, 7) is 0.904. The molecule has 21 heavy (non-hydrogen) atoms. The number of aromatic nitrogens is 2. The lowest BCUT2D eigenvalue weighted by molar-refractivity contribution is 0.0689. The quantitative estimate of drug-likeness (QED) is 0.923. The zero-order chi connectivity index (χ0) is 15.0. The summed E-state index contributed by atoms with van der Waals surface area (Å²) in [5.74, 6) is 0.632. The molecular weight excluding hydrogens is 276 g/mol. The Morgan fingerprint density at radius 3 is 2.81 bits per heavy atom. The second kappa shape index (κ2) is 5.01. The van der Waals surface area contributed by atoms with Crippen molar-refractivity contribution in [3.8, 4) is 28.5 Å². The van der Waals surface area contributed by atoms with E-state index in [0.717, 1.165) is 0 Å². The molecule has 0 amide bonds. The predicted octanol–water partition coefficient (Wildman–Crippen LogP) is 1.57. The van der Waals surface area contributed by atoms with Crippen LogP contribution < -0.4 is 14.2 Å². The normalized spacial score (nSPS) is 13.0. The Balaban J connectivity index is 2.23. The second-order valence-electron chi connectivity index (χ2n) is 4.51. The predicted molar refractivity (Wildman–Crippen MR) is 73.1 cm³/mol. The van der Waals surface area contributed by atoms with Gasteiger partial charge in [-0.15, -0.1) is 0 Å². The van der Waals surface area contributed by atoms with Gasteiger partial charge in [-0.05, 0) is 18.2 Å². The van der Waals surface area contributed by atoms with Crippen molar-refractivity contribution >= 4 is 5.97 Å². The molecule has 3 rings (SSSR count). The van der Waals surface area contributed by atoms with Gasteiger partial charge in [-0.1, -0.05) is 0 Å². The summed E-state index contributed by atoms with van der Waals surface area (Å²) in [6.07, 6.45) is 0. The van der Waals surface area contributed by atoms with E-state index in [9.17, 15) is 4.79 Å². The fourth-order valence-electron chi connectivity index (χ4n) is 2.32. The van der Waals surface area contributed by atoms with Crippen LogP contribution in [-0.2, 0) is 7.05 Å². The fraction of sp³-hybridized carbons (Fsp3) is 0.286. The van der Waals surface area contributed by atoms with Crippen LogP contribution in [-0.4, -0.2) is 41.2 Å². The van der Waals surface area contributed by atoms with Crippen LogP contribution in [0.15, 0.2) is 18.2 Å². The number of carboxylic acids is 1. The molecule has 7 heteroatoms. The molecule has 1 N–H and O–H groups in total. The van der Waals surface area contributed by atoms with Crippen LogP contribution in [0.2, 0.25) is 0 Å². The van der Waals surface area contributed by atoms with Crippen LogP contribution in [0.25, 0.3) is 11.3 Å². The fourth-order valence-corrected chi connectivity index (χ4v) is 2.32. The zero-order valence-corrected chi connectivity index (χ0v) is 11.6. The summed E-state index contributed by atoms with van der Waals surface area (Å²) in [7, 11) is 3.22. The number of carboxylic acid groups (broad SMARTS) is 1. The van der Waals surface area contributed by atoms with E-state index in [1.807, 2.05) is 0 Å². The van der Waals surface area contributed by atoms with Crippen LogP contribution in [0.1, 0.15) is 10.5 Å². The van der Waals surface area contributed by atoms with Gasteiger partial charge >= 0.3 is 5.97 Å². The van der Waals surface area contributed by atoms with Crippen LogP contribution in [0, 0.1) is 0 Å². The standard InChI is InChI=1S/C14H14N2O5/c1-16-9(7-8(15-16)14(17)18)12-10(19-2)3-4-11-13(12)21-6-5-20-11/h3-4,7H,5-6H2,1-2H3,(H,17,18). The Morgan fingerprint density at radius 1 is 1.38 bits per heavy atom. The van der Waals surface area contributed by atoms with Crippen molar-refractivity contribution in [2.75, 3.05) is 20.3 Å². The van der Waals surface area contributed by atoms with E-state index in [0.29, 0.717) is 41.7 Å². The number of carbonyl (C=O) groups is 1. The lowest BCUT2D eigenvalue weighted by atomic mass is 10.1. The minimum atomic E-state index is -1.09. The van der Waals surface area contributed by atoms with Crippen LogP contribution in [0.5, 0.6) is 17.2 Å². The van der Waals surface area contributed by atoms with Gasteiger partial charge in [0, 0.05) is 7.05 Å². The summed E-state index contributed by atoms with van der Waals surface area (Å²) in [5.41, 5.74) is 1.19. The molecule has 0 saturated carbocycles. The van der Waals surface area contributed by atoms with Crippen molar-refractivity contribution in [2.45, 2.75) is 0 Å². The number of rotatable bonds is 3. The van der Waals surface area contributed by atoms with Crippen LogP contribution >= 0.6 is 0 Å². The average molecular weight is 290 g/mol. The van der Waals surface area contributed by atoms with Gasteiger partial charge in [-0.3, -0.25) is 4.68 Å². The van der Waals surface area contributed by atoms with Gasteiger partial charge in [0.25, 0.3) is 0 Å². The maximum absolute atomic E-state index is 11.1. The minimum Gasteiger partial charge on any atom is -0.496 e. The summed E-state index contributed by atoms with van der Waals surface area (Å²) in [6, 6.07) is 5.01. The molecule has 0 radical (unpaired) electrons. The SMILES string of the molecule is COc1ccc2c(c1-c1cc(C(=O)O)nn1C)OCCO2. The van der Waals surface area contributed by atoms with E-state index in [-0.39, 0.29) is 5.69 Å². The number of fused-ring (bicyclic) bond motifs is 1. The van der Waals surface area contributed by atoms with Crippen LogP contribution in [0.4, 0.5) is 0 Å². The van der Waals surface area contributed by atoms with Gasteiger partial charge in [0.2, 0.25) is 0 Å². The molecule has 7 nitrogen and oxygen atoms in total. The number of nitrogens with zero attached hydrogens (tertiary/aromatic N) is 2. The molecular formula is C14H14N2O5. The molecule has 1 aliphatic rings. The van der Waals surface area contributed by atoms with Crippen molar-refractivity contribution < 1.29 is 24.1 Å². The molecule has 2 heterocycles. The number of hydrogen-bond acceptors (Lipinski definition) is 5. The molecule has 0 fully saturated rings. The molecule has 0 saturated heterocycles. The van der Waals surface area contributed by atoms with Gasteiger partial charge in [-0.25, -0.2) is 4.79 Å².